The van der Waals surface area contributed by atoms with Gasteiger partial charge in [0.2, 0.25) is 0 Å². The smallest absolute Gasteiger partial charge is 0.387 e. The Kier molecular flexibility index (Phi) is 6.42. The third kappa shape index (κ3) is 5.40. The van der Waals surface area contributed by atoms with Crippen LogP contribution in [0.4, 0.5) is 14.5 Å². The van der Waals surface area contributed by atoms with Crippen molar-refractivity contribution in [3.63, 3.8) is 0 Å². The summed E-state index contributed by atoms with van der Waals surface area (Å²) in [6.45, 7) is -1.61. The van der Waals surface area contributed by atoms with Gasteiger partial charge in [-0.25, -0.2) is 0 Å². The van der Waals surface area contributed by atoms with Crippen molar-refractivity contribution in [2.75, 3.05) is 6.61 Å². The summed E-state index contributed by atoms with van der Waals surface area (Å²) in [6.07, 6.45) is 0. The van der Waals surface area contributed by atoms with Gasteiger partial charge in [-0.05, 0) is 30.7 Å². The minimum absolute atomic E-state index is 0.00574. The number of benzene rings is 2. The van der Waals surface area contributed by atoms with E-state index in [1.165, 1.54) is 30.3 Å². The van der Waals surface area contributed by atoms with Crippen molar-refractivity contribution in [1.29, 1.82) is 0 Å². The van der Waals surface area contributed by atoms with Crippen LogP contribution < -0.4 is 14.8 Å². The van der Waals surface area contributed by atoms with Gasteiger partial charge < -0.3 is 14.8 Å². The van der Waals surface area contributed by atoms with Crippen molar-refractivity contribution >= 4 is 11.6 Å². The van der Waals surface area contributed by atoms with Crippen LogP contribution >= 0.6 is 0 Å². The fourth-order valence-electron chi connectivity index (χ4n) is 2.18. The summed E-state index contributed by atoms with van der Waals surface area (Å²) in [5.41, 5.74) is 0.439. The molecule has 2 aromatic rings. The van der Waals surface area contributed by atoms with Crippen LogP contribution in [0.5, 0.6) is 11.5 Å². The molecule has 2 aromatic carbocycles. The fraction of sp³-hybridized carbons (Fsp3) is 0.235. The van der Waals surface area contributed by atoms with Crippen LogP contribution in [-0.4, -0.2) is 24.0 Å². The van der Waals surface area contributed by atoms with Crippen LogP contribution in [0.1, 0.15) is 18.5 Å². The maximum atomic E-state index is 12.1. The molecule has 1 N–H and O–H groups in total. The molecule has 0 spiro atoms. The molecule has 0 aliphatic rings. The second kappa shape index (κ2) is 8.75. The molecule has 1 unspecified atom stereocenters. The van der Waals surface area contributed by atoms with Crippen LogP contribution in [0, 0.1) is 10.1 Å². The van der Waals surface area contributed by atoms with Crippen LogP contribution in [0.3, 0.4) is 0 Å². The molecule has 0 aliphatic heterocycles. The third-order valence-corrected chi connectivity index (χ3v) is 3.40. The van der Waals surface area contributed by atoms with E-state index in [4.69, 9.17) is 4.74 Å². The van der Waals surface area contributed by atoms with Gasteiger partial charge in [0.1, 0.15) is 5.75 Å². The largest absolute Gasteiger partial charge is 0.477 e. The lowest BCUT2D eigenvalue weighted by atomic mass is 10.1. The molecule has 0 radical (unpaired) electrons. The molecule has 0 fully saturated rings. The number of hydrogen-bond donors (Lipinski definition) is 1. The number of nitrogens with zero attached hydrogens (tertiary/aromatic N) is 1. The number of halogens is 2. The number of para-hydroxylation sites is 2. The number of alkyl halides is 2. The number of rotatable bonds is 8. The topological polar surface area (TPSA) is 90.7 Å². The zero-order valence-electron chi connectivity index (χ0n) is 13.7. The summed E-state index contributed by atoms with van der Waals surface area (Å²) in [6, 6.07) is 11.1. The number of carbonyl (C=O) groups is 1. The predicted molar refractivity (Wildman–Crippen MR) is 88.2 cm³/mol. The number of amides is 1. The molecule has 26 heavy (non-hydrogen) atoms. The Morgan fingerprint density at radius 1 is 1.19 bits per heavy atom. The van der Waals surface area contributed by atoms with Gasteiger partial charge in [-0.15, -0.1) is 0 Å². The van der Waals surface area contributed by atoms with E-state index < -0.39 is 30.1 Å². The van der Waals surface area contributed by atoms with Crippen molar-refractivity contribution < 1.29 is 28.0 Å². The maximum Gasteiger partial charge on any atom is 0.387 e. The first-order valence-electron chi connectivity index (χ1n) is 7.57. The van der Waals surface area contributed by atoms with E-state index in [-0.39, 0.29) is 17.2 Å². The highest BCUT2D eigenvalue weighted by atomic mass is 19.3. The highest BCUT2D eigenvalue weighted by Crippen LogP contribution is 2.25. The molecule has 0 saturated carbocycles. The molecule has 9 heteroatoms. The van der Waals surface area contributed by atoms with Gasteiger partial charge in [-0.2, -0.15) is 8.78 Å². The summed E-state index contributed by atoms with van der Waals surface area (Å²) in [7, 11) is 0. The standard InChI is InChI=1S/C17H16F2N2O5/c1-11(12-6-8-13(9-7-12)26-17(18)19)20-16(22)10-25-15-5-3-2-4-14(15)21(23)24/h2-9,11,17H,10H2,1H3,(H,20,22). The van der Waals surface area contributed by atoms with Gasteiger partial charge in [-0.1, -0.05) is 24.3 Å². The summed E-state index contributed by atoms with van der Waals surface area (Å²) in [4.78, 5) is 22.3. The molecular weight excluding hydrogens is 350 g/mol. The number of nitro groups is 1. The molecule has 0 heterocycles. The van der Waals surface area contributed by atoms with Crippen molar-refractivity contribution in [1.82, 2.24) is 5.32 Å². The first kappa shape index (κ1) is 19.1. The van der Waals surface area contributed by atoms with E-state index in [0.717, 1.165) is 0 Å². The van der Waals surface area contributed by atoms with Crippen molar-refractivity contribution in [3.8, 4) is 11.5 Å². The normalized spacial score (nSPS) is 11.7. The van der Waals surface area contributed by atoms with E-state index in [0.29, 0.717) is 5.56 Å². The molecular formula is C17H16F2N2O5. The Morgan fingerprint density at radius 2 is 1.85 bits per heavy atom. The number of nitrogens with one attached hydrogen (secondary N) is 1. The van der Waals surface area contributed by atoms with E-state index >= 15 is 0 Å². The van der Waals surface area contributed by atoms with E-state index in [1.807, 2.05) is 0 Å². The molecule has 0 aliphatic carbocycles. The van der Waals surface area contributed by atoms with Crippen LogP contribution in [0.25, 0.3) is 0 Å². The average molecular weight is 366 g/mol. The number of carbonyl (C=O) groups excluding carboxylic acids is 1. The Bertz CT molecular complexity index is 768. The van der Waals surface area contributed by atoms with Gasteiger partial charge in [0.25, 0.3) is 5.91 Å². The Balaban J connectivity index is 1.90. The quantitative estimate of drug-likeness (QED) is 0.571. The van der Waals surface area contributed by atoms with Gasteiger partial charge in [0.15, 0.2) is 12.4 Å². The maximum absolute atomic E-state index is 12.1. The lowest BCUT2D eigenvalue weighted by molar-refractivity contribution is -0.385. The van der Waals surface area contributed by atoms with Crippen LogP contribution in [0.15, 0.2) is 48.5 Å². The highest BCUT2D eigenvalue weighted by molar-refractivity contribution is 5.78. The SMILES string of the molecule is CC(NC(=O)COc1ccccc1[N+](=O)[O-])c1ccc(OC(F)F)cc1. The lowest BCUT2D eigenvalue weighted by Gasteiger charge is -2.15. The minimum Gasteiger partial charge on any atom is -0.477 e. The van der Waals surface area contributed by atoms with Crippen molar-refractivity contribution in [2.24, 2.45) is 0 Å². The van der Waals surface area contributed by atoms with Crippen LogP contribution in [0.2, 0.25) is 0 Å². The summed E-state index contributed by atoms with van der Waals surface area (Å²) >= 11 is 0. The van der Waals surface area contributed by atoms with E-state index in [9.17, 15) is 23.7 Å². The Labute approximate surface area is 147 Å². The summed E-state index contributed by atoms with van der Waals surface area (Å²) in [5.74, 6) is -0.473. The Morgan fingerprint density at radius 3 is 2.46 bits per heavy atom. The Hall–Kier alpha value is -3.23. The first-order chi connectivity index (χ1) is 12.4. The van der Waals surface area contributed by atoms with Gasteiger partial charge in [0.05, 0.1) is 11.0 Å². The molecule has 2 rings (SSSR count). The van der Waals surface area contributed by atoms with E-state index in [1.54, 1.807) is 25.1 Å². The molecule has 1 amide bonds. The van der Waals surface area contributed by atoms with Crippen LogP contribution in [-0.2, 0) is 4.79 Å². The summed E-state index contributed by atoms with van der Waals surface area (Å²) < 4.78 is 33.7. The molecule has 1 atom stereocenters. The fourth-order valence-corrected chi connectivity index (χ4v) is 2.18. The van der Waals surface area contributed by atoms with E-state index in [2.05, 4.69) is 10.1 Å². The zero-order chi connectivity index (χ0) is 19.1. The number of ether oxygens (including phenoxy) is 2. The molecule has 0 bridgehead atoms. The third-order valence-electron chi connectivity index (χ3n) is 3.40. The molecule has 0 aromatic heterocycles. The van der Waals surface area contributed by atoms with Gasteiger partial charge in [-0.3, -0.25) is 14.9 Å². The summed E-state index contributed by atoms with van der Waals surface area (Å²) in [5, 5.41) is 13.5. The first-order valence-corrected chi connectivity index (χ1v) is 7.57. The van der Waals surface area contributed by atoms with Gasteiger partial charge >= 0.3 is 12.3 Å². The number of hydrogen-bond acceptors (Lipinski definition) is 5. The van der Waals surface area contributed by atoms with Crippen molar-refractivity contribution in [2.45, 2.75) is 19.6 Å². The lowest BCUT2D eigenvalue weighted by Crippen LogP contribution is -2.31. The zero-order valence-corrected chi connectivity index (χ0v) is 13.7. The second-order valence-electron chi connectivity index (χ2n) is 5.25. The number of nitro benzene ring substituents is 1. The monoisotopic (exact) mass is 366 g/mol. The molecule has 0 saturated heterocycles. The van der Waals surface area contributed by atoms with Gasteiger partial charge in [0, 0.05) is 6.07 Å². The highest BCUT2D eigenvalue weighted by Gasteiger charge is 2.16. The molecule has 7 nitrogen and oxygen atoms in total. The second-order valence-corrected chi connectivity index (χ2v) is 5.25. The minimum atomic E-state index is -2.91. The average Bonchev–Trinajstić information content (AvgIpc) is 2.60. The molecule has 138 valence electrons. The predicted octanol–water partition coefficient (Wildman–Crippen LogP) is 3.45. The van der Waals surface area contributed by atoms with Crippen molar-refractivity contribution in [3.05, 3.63) is 64.2 Å².